The fourth-order valence-corrected chi connectivity index (χ4v) is 3.55. The average Bonchev–Trinajstić information content (AvgIpc) is 2.88. The predicted octanol–water partition coefficient (Wildman–Crippen LogP) is 2.44. The zero-order valence-corrected chi connectivity index (χ0v) is 11.4. The molecule has 1 N–H and O–H groups in total. The van der Waals surface area contributed by atoms with Crippen LogP contribution in [0.2, 0.25) is 0 Å². The lowest BCUT2D eigenvalue weighted by Gasteiger charge is -2.40. The SMILES string of the molecule is c1ccc2c(c1)NCC21CCN(c2cncnc2)CC1. The number of para-hydroxylation sites is 1. The Balaban J connectivity index is 1.56. The molecule has 1 spiro atoms. The molecule has 4 heteroatoms. The quantitative estimate of drug-likeness (QED) is 0.860. The van der Waals surface area contributed by atoms with Crippen LogP contribution in [0.15, 0.2) is 43.0 Å². The Bertz CT molecular complexity index is 603. The molecule has 0 unspecified atom stereocenters. The molecular formula is C16H18N4. The van der Waals surface area contributed by atoms with Crippen molar-refractivity contribution >= 4 is 11.4 Å². The third-order valence-corrected chi connectivity index (χ3v) is 4.75. The summed E-state index contributed by atoms with van der Waals surface area (Å²) in [6, 6.07) is 8.75. The number of nitrogens with zero attached hydrogens (tertiary/aromatic N) is 3. The van der Waals surface area contributed by atoms with Crippen LogP contribution in [0.25, 0.3) is 0 Å². The third-order valence-electron chi connectivity index (χ3n) is 4.75. The fraction of sp³-hybridized carbons (Fsp3) is 0.375. The van der Waals surface area contributed by atoms with Crippen molar-refractivity contribution in [1.29, 1.82) is 0 Å². The number of hydrogen-bond acceptors (Lipinski definition) is 4. The van der Waals surface area contributed by atoms with Crippen LogP contribution >= 0.6 is 0 Å². The Hall–Kier alpha value is -2.10. The highest BCUT2D eigenvalue weighted by molar-refractivity contribution is 5.61. The van der Waals surface area contributed by atoms with Crippen LogP contribution in [0, 0.1) is 0 Å². The number of benzene rings is 1. The molecule has 2 aliphatic heterocycles. The molecule has 0 amide bonds. The van der Waals surface area contributed by atoms with Crippen molar-refractivity contribution in [2.75, 3.05) is 29.9 Å². The van der Waals surface area contributed by atoms with Gasteiger partial charge in [-0.3, -0.25) is 0 Å². The van der Waals surface area contributed by atoms with Crippen molar-refractivity contribution in [3.63, 3.8) is 0 Å². The minimum Gasteiger partial charge on any atom is -0.384 e. The van der Waals surface area contributed by atoms with Gasteiger partial charge in [0.25, 0.3) is 0 Å². The van der Waals surface area contributed by atoms with E-state index in [4.69, 9.17) is 0 Å². The lowest BCUT2D eigenvalue weighted by Crippen LogP contribution is -2.43. The van der Waals surface area contributed by atoms with Gasteiger partial charge in [-0.25, -0.2) is 9.97 Å². The van der Waals surface area contributed by atoms with E-state index in [-0.39, 0.29) is 0 Å². The van der Waals surface area contributed by atoms with E-state index in [0.717, 1.165) is 25.3 Å². The normalized spacial score (nSPS) is 19.7. The molecular weight excluding hydrogens is 248 g/mol. The summed E-state index contributed by atoms with van der Waals surface area (Å²) >= 11 is 0. The van der Waals surface area contributed by atoms with Gasteiger partial charge in [0, 0.05) is 30.7 Å². The van der Waals surface area contributed by atoms with Crippen molar-refractivity contribution in [2.24, 2.45) is 0 Å². The van der Waals surface area contributed by atoms with Crippen molar-refractivity contribution in [2.45, 2.75) is 18.3 Å². The van der Waals surface area contributed by atoms with Crippen LogP contribution in [0.3, 0.4) is 0 Å². The van der Waals surface area contributed by atoms with Gasteiger partial charge in [0.05, 0.1) is 18.1 Å². The first kappa shape index (κ1) is 11.7. The standard InChI is InChI=1S/C16H18N4/c1-2-4-15-14(3-1)16(11-19-15)5-7-20(8-6-16)13-9-17-12-18-10-13/h1-4,9-10,12,19H,5-8,11H2. The summed E-state index contributed by atoms with van der Waals surface area (Å²) in [6.45, 7) is 3.22. The lowest BCUT2D eigenvalue weighted by molar-refractivity contribution is 0.362. The number of nitrogens with one attached hydrogen (secondary N) is 1. The summed E-state index contributed by atoms with van der Waals surface area (Å²) in [6.07, 6.45) is 7.78. The van der Waals surface area contributed by atoms with Gasteiger partial charge in [0.2, 0.25) is 0 Å². The molecule has 0 aliphatic carbocycles. The molecule has 0 atom stereocenters. The van der Waals surface area contributed by atoms with Crippen molar-refractivity contribution in [3.8, 4) is 0 Å². The van der Waals surface area contributed by atoms with E-state index in [9.17, 15) is 0 Å². The Morgan fingerprint density at radius 3 is 2.60 bits per heavy atom. The van der Waals surface area contributed by atoms with Crippen LogP contribution in [0.4, 0.5) is 11.4 Å². The van der Waals surface area contributed by atoms with E-state index in [0.29, 0.717) is 5.41 Å². The number of anilines is 2. The van der Waals surface area contributed by atoms with Gasteiger partial charge >= 0.3 is 0 Å². The number of aromatic nitrogens is 2. The fourth-order valence-electron chi connectivity index (χ4n) is 3.55. The van der Waals surface area contributed by atoms with E-state index in [1.165, 1.54) is 24.1 Å². The summed E-state index contributed by atoms with van der Waals surface area (Å²) < 4.78 is 0. The molecule has 1 aromatic heterocycles. The summed E-state index contributed by atoms with van der Waals surface area (Å²) in [5.41, 5.74) is 4.29. The average molecular weight is 266 g/mol. The van der Waals surface area contributed by atoms with E-state index in [1.807, 2.05) is 12.4 Å². The van der Waals surface area contributed by atoms with Crippen molar-refractivity contribution in [1.82, 2.24) is 9.97 Å². The zero-order chi connectivity index (χ0) is 13.4. The Morgan fingerprint density at radius 1 is 1.05 bits per heavy atom. The predicted molar refractivity (Wildman–Crippen MR) is 80.1 cm³/mol. The van der Waals surface area contributed by atoms with Gasteiger partial charge in [0.15, 0.2) is 0 Å². The number of hydrogen-bond donors (Lipinski definition) is 1. The first-order valence-corrected chi connectivity index (χ1v) is 7.21. The minimum absolute atomic E-state index is 0.322. The third kappa shape index (κ3) is 1.75. The maximum absolute atomic E-state index is 4.12. The van der Waals surface area contributed by atoms with Gasteiger partial charge in [-0.15, -0.1) is 0 Å². The largest absolute Gasteiger partial charge is 0.384 e. The lowest BCUT2D eigenvalue weighted by atomic mass is 9.74. The second-order valence-electron chi connectivity index (χ2n) is 5.76. The highest BCUT2D eigenvalue weighted by atomic mass is 15.2. The van der Waals surface area contributed by atoms with Crippen LogP contribution in [-0.2, 0) is 5.41 Å². The summed E-state index contributed by atoms with van der Waals surface area (Å²) in [4.78, 5) is 10.6. The molecule has 2 aromatic rings. The number of piperidine rings is 1. The van der Waals surface area contributed by atoms with Crippen LogP contribution in [-0.4, -0.2) is 29.6 Å². The first-order chi connectivity index (χ1) is 9.87. The highest BCUT2D eigenvalue weighted by Gasteiger charge is 2.41. The molecule has 102 valence electrons. The van der Waals surface area contributed by atoms with E-state index < -0.39 is 0 Å². The van der Waals surface area contributed by atoms with Crippen LogP contribution in [0.5, 0.6) is 0 Å². The maximum atomic E-state index is 4.12. The van der Waals surface area contributed by atoms with Gasteiger partial charge in [-0.1, -0.05) is 18.2 Å². The molecule has 0 radical (unpaired) electrons. The molecule has 1 fully saturated rings. The molecule has 1 aromatic carbocycles. The maximum Gasteiger partial charge on any atom is 0.115 e. The monoisotopic (exact) mass is 266 g/mol. The van der Waals surface area contributed by atoms with Gasteiger partial charge < -0.3 is 10.2 Å². The van der Waals surface area contributed by atoms with Crippen LogP contribution in [0.1, 0.15) is 18.4 Å². The number of fused-ring (bicyclic) bond motifs is 2. The molecule has 1 saturated heterocycles. The van der Waals surface area contributed by atoms with Crippen LogP contribution < -0.4 is 10.2 Å². The van der Waals surface area contributed by atoms with E-state index in [2.05, 4.69) is 44.5 Å². The van der Waals surface area contributed by atoms with E-state index in [1.54, 1.807) is 6.33 Å². The first-order valence-electron chi connectivity index (χ1n) is 7.21. The number of rotatable bonds is 1. The smallest absolute Gasteiger partial charge is 0.115 e. The second kappa shape index (κ2) is 4.47. The molecule has 3 heterocycles. The molecule has 4 nitrogen and oxygen atoms in total. The summed E-state index contributed by atoms with van der Waals surface area (Å²) in [7, 11) is 0. The molecule has 0 saturated carbocycles. The van der Waals surface area contributed by atoms with Gasteiger partial charge in [-0.2, -0.15) is 0 Å². The van der Waals surface area contributed by atoms with Crippen molar-refractivity contribution in [3.05, 3.63) is 48.5 Å². The Kier molecular flexibility index (Phi) is 2.62. The second-order valence-corrected chi connectivity index (χ2v) is 5.76. The molecule has 2 aliphatic rings. The van der Waals surface area contributed by atoms with Crippen molar-refractivity contribution < 1.29 is 0 Å². The molecule has 0 bridgehead atoms. The zero-order valence-electron chi connectivity index (χ0n) is 11.4. The summed E-state index contributed by atoms with van der Waals surface area (Å²) in [5, 5.41) is 3.57. The molecule has 4 rings (SSSR count). The Morgan fingerprint density at radius 2 is 1.80 bits per heavy atom. The topological polar surface area (TPSA) is 41.0 Å². The summed E-state index contributed by atoms with van der Waals surface area (Å²) in [5.74, 6) is 0. The highest BCUT2D eigenvalue weighted by Crippen LogP contribution is 2.44. The Labute approximate surface area is 118 Å². The van der Waals surface area contributed by atoms with E-state index >= 15 is 0 Å². The van der Waals surface area contributed by atoms with Gasteiger partial charge in [-0.05, 0) is 24.5 Å². The van der Waals surface area contributed by atoms with Gasteiger partial charge in [0.1, 0.15) is 6.33 Å². The minimum atomic E-state index is 0.322. The molecule has 20 heavy (non-hydrogen) atoms.